The monoisotopic (exact) mass is 272 g/mol. The van der Waals surface area contributed by atoms with Crippen molar-refractivity contribution in [3.63, 3.8) is 0 Å². The Hall–Kier alpha value is -1.61. The predicted molar refractivity (Wildman–Crippen MR) is 83.0 cm³/mol. The maximum atomic E-state index is 12.3. The van der Waals surface area contributed by atoms with E-state index in [1.54, 1.807) is 0 Å². The molecule has 1 aromatic carbocycles. The predicted octanol–water partition coefficient (Wildman–Crippen LogP) is 2.68. The first-order chi connectivity index (χ1) is 9.58. The van der Waals surface area contributed by atoms with Gasteiger partial charge in [0.2, 0.25) is 0 Å². The lowest BCUT2D eigenvalue weighted by atomic mass is 10.0. The summed E-state index contributed by atoms with van der Waals surface area (Å²) in [7, 11) is 0. The highest BCUT2D eigenvalue weighted by Crippen LogP contribution is 2.13. The number of rotatable bonds is 4. The van der Waals surface area contributed by atoms with E-state index in [0.717, 1.165) is 49.2 Å². The van der Waals surface area contributed by atoms with E-state index in [1.165, 1.54) is 0 Å². The number of aryl methyl sites for hydroxylation is 2. The first-order valence-electron chi connectivity index (χ1n) is 7.31. The highest BCUT2D eigenvalue weighted by Gasteiger charge is 2.20. The van der Waals surface area contributed by atoms with Crippen LogP contribution in [0.1, 0.15) is 34.3 Å². The molecule has 0 bridgehead atoms. The highest BCUT2D eigenvalue weighted by molar-refractivity contribution is 5.94. The van der Waals surface area contributed by atoms with Gasteiger partial charge in [-0.1, -0.05) is 23.3 Å². The van der Waals surface area contributed by atoms with Gasteiger partial charge >= 0.3 is 0 Å². The van der Waals surface area contributed by atoms with Crippen molar-refractivity contribution in [1.29, 1.82) is 0 Å². The van der Waals surface area contributed by atoms with E-state index in [0.29, 0.717) is 6.04 Å². The van der Waals surface area contributed by atoms with Gasteiger partial charge in [0.05, 0.1) is 0 Å². The summed E-state index contributed by atoms with van der Waals surface area (Å²) < 4.78 is 0. The molecule has 0 saturated carbocycles. The molecule has 1 heterocycles. The van der Waals surface area contributed by atoms with E-state index in [2.05, 4.69) is 22.9 Å². The molecule has 0 radical (unpaired) electrons. The van der Waals surface area contributed by atoms with Gasteiger partial charge in [-0.05, 0) is 38.8 Å². The van der Waals surface area contributed by atoms with Crippen LogP contribution in [0.15, 0.2) is 30.9 Å². The molecule has 1 aliphatic rings. The van der Waals surface area contributed by atoms with E-state index in [9.17, 15) is 4.79 Å². The van der Waals surface area contributed by atoms with Crippen molar-refractivity contribution < 1.29 is 4.79 Å². The molecule has 1 saturated heterocycles. The van der Waals surface area contributed by atoms with Crippen molar-refractivity contribution in [2.45, 2.75) is 32.7 Å². The minimum absolute atomic E-state index is 0.0546. The molecule has 108 valence electrons. The second-order valence-electron chi connectivity index (χ2n) is 5.71. The smallest absolute Gasteiger partial charge is 0.251 e. The van der Waals surface area contributed by atoms with Crippen molar-refractivity contribution >= 4 is 5.91 Å². The molecular weight excluding hydrogens is 248 g/mol. The van der Waals surface area contributed by atoms with Crippen LogP contribution in [0.25, 0.3) is 0 Å². The summed E-state index contributed by atoms with van der Waals surface area (Å²) in [6, 6.07) is 6.29. The van der Waals surface area contributed by atoms with E-state index >= 15 is 0 Å². The fourth-order valence-electron chi connectivity index (χ4n) is 2.82. The third-order valence-electron chi connectivity index (χ3n) is 3.79. The molecule has 3 heteroatoms. The number of nitrogens with zero attached hydrogens (tertiary/aromatic N) is 1. The molecule has 1 aromatic rings. The Morgan fingerprint density at radius 3 is 2.45 bits per heavy atom. The van der Waals surface area contributed by atoms with Crippen LogP contribution in [0.4, 0.5) is 0 Å². The van der Waals surface area contributed by atoms with Gasteiger partial charge in [0.15, 0.2) is 0 Å². The molecule has 0 unspecified atom stereocenters. The van der Waals surface area contributed by atoms with Crippen LogP contribution in [0, 0.1) is 13.8 Å². The lowest BCUT2D eigenvalue weighted by Gasteiger charge is -2.31. The molecule has 2 rings (SSSR count). The third-order valence-corrected chi connectivity index (χ3v) is 3.79. The number of hydrogen-bond donors (Lipinski definition) is 1. The minimum Gasteiger partial charge on any atom is -0.349 e. The topological polar surface area (TPSA) is 32.3 Å². The molecule has 1 fully saturated rings. The van der Waals surface area contributed by atoms with Gasteiger partial charge in [0, 0.05) is 31.2 Å². The van der Waals surface area contributed by atoms with E-state index in [4.69, 9.17) is 0 Å². The molecule has 0 aromatic heterocycles. The first-order valence-corrected chi connectivity index (χ1v) is 7.31. The summed E-state index contributed by atoms with van der Waals surface area (Å²) in [5.41, 5.74) is 3.04. The number of carbonyl (C=O) groups is 1. The summed E-state index contributed by atoms with van der Waals surface area (Å²) in [5.74, 6) is 0.0546. The number of carbonyl (C=O) groups excluding carboxylic acids is 1. The summed E-state index contributed by atoms with van der Waals surface area (Å²) >= 11 is 0. The lowest BCUT2D eigenvalue weighted by Crippen LogP contribution is -2.44. The zero-order chi connectivity index (χ0) is 14.5. The van der Waals surface area contributed by atoms with Crippen molar-refractivity contribution in [1.82, 2.24) is 10.2 Å². The van der Waals surface area contributed by atoms with Gasteiger partial charge < -0.3 is 5.32 Å². The highest BCUT2D eigenvalue weighted by atomic mass is 16.1. The maximum Gasteiger partial charge on any atom is 0.251 e. The molecule has 1 amide bonds. The van der Waals surface area contributed by atoms with Crippen LogP contribution in [0.2, 0.25) is 0 Å². The van der Waals surface area contributed by atoms with Crippen LogP contribution in [0.3, 0.4) is 0 Å². The standard InChI is InChI=1S/C17H24N2O/c1-4-7-19-8-5-16(6-9-19)18-17(20)15-11-13(2)10-14(3)12-15/h4,10-12,16H,1,5-9H2,2-3H3,(H,18,20). The van der Waals surface area contributed by atoms with Gasteiger partial charge in [-0.15, -0.1) is 6.58 Å². The normalized spacial score (nSPS) is 16.9. The van der Waals surface area contributed by atoms with E-state index < -0.39 is 0 Å². The molecule has 3 nitrogen and oxygen atoms in total. The molecule has 0 aliphatic carbocycles. The third kappa shape index (κ3) is 3.94. The van der Waals surface area contributed by atoms with Gasteiger partial charge in [-0.3, -0.25) is 9.69 Å². The fourth-order valence-corrected chi connectivity index (χ4v) is 2.82. The minimum atomic E-state index is 0.0546. The number of piperidine rings is 1. The van der Waals surface area contributed by atoms with E-state index in [1.807, 2.05) is 32.1 Å². The Bertz CT molecular complexity index is 468. The second kappa shape index (κ2) is 6.71. The lowest BCUT2D eigenvalue weighted by molar-refractivity contribution is 0.0914. The number of amides is 1. The Morgan fingerprint density at radius 2 is 1.90 bits per heavy atom. The largest absolute Gasteiger partial charge is 0.349 e. The summed E-state index contributed by atoms with van der Waals surface area (Å²) in [6.07, 6.45) is 3.98. The molecular formula is C17H24N2O. The SMILES string of the molecule is C=CCN1CCC(NC(=O)c2cc(C)cc(C)c2)CC1. The zero-order valence-corrected chi connectivity index (χ0v) is 12.5. The van der Waals surface area contributed by atoms with Gasteiger partial charge in [-0.2, -0.15) is 0 Å². The van der Waals surface area contributed by atoms with Gasteiger partial charge in [0.1, 0.15) is 0 Å². The van der Waals surface area contributed by atoms with Gasteiger partial charge in [-0.25, -0.2) is 0 Å². The zero-order valence-electron chi connectivity index (χ0n) is 12.5. The van der Waals surface area contributed by atoms with Crippen LogP contribution in [-0.4, -0.2) is 36.5 Å². The van der Waals surface area contributed by atoms with E-state index in [-0.39, 0.29) is 5.91 Å². The first kappa shape index (κ1) is 14.8. The summed E-state index contributed by atoms with van der Waals surface area (Å²) in [5, 5.41) is 3.16. The van der Waals surface area contributed by atoms with Crippen molar-refractivity contribution in [2.24, 2.45) is 0 Å². The number of benzene rings is 1. The number of nitrogens with one attached hydrogen (secondary N) is 1. The fraction of sp³-hybridized carbons (Fsp3) is 0.471. The Morgan fingerprint density at radius 1 is 1.30 bits per heavy atom. The molecule has 20 heavy (non-hydrogen) atoms. The quantitative estimate of drug-likeness (QED) is 0.855. The average molecular weight is 272 g/mol. The molecule has 0 atom stereocenters. The summed E-state index contributed by atoms with van der Waals surface area (Å²) in [6.45, 7) is 10.8. The average Bonchev–Trinajstić information content (AvgIpc) is 2.40. The van der Waals surface area contributed by atoms with Crippen LogP contribution < -0.4 is 5.32 Å². The van der Waals surface area contributed by atoms with Crippen molar-refractivity contribution in [2.75, 3.05) is 19.6 Å². The molecule has 1 aliphatic heterocycles. The van der Waals surface area contributed by atoms with Crippen LogP contribution >= 0.6 is 0 Å². The number of hydrogen-bond acceptors (Lipinski definition) is 2. The van der Waals surface area contributed by atoms with Crippen molar-refractivity contribution in [3.05, 3.63) is 47.5 Å². The Labute approximate surface area is 121 Å². The number of likely N-dealkylation sites (tertiary alicyclic amines) is 1. The van der Waals surface area contributed by atoms with Crippen molar-refractivity contribution in [3.8, 4) is 0 Å². The van der Waals surface area contributed by atoms with Crippen LogP contribution in [-0.2, 0) is 0 Å². The van der Waals surface area contributed by atoms with Gasteiger partial charge in [0.25, 0.3) is 5.91 Å². The second-order valence-corrected chi connectivity index (χ2v) is 5.71. The van der Waals surface area contributed by atoms with Crippen LogP contribution in [0.5, 0.6) is 0 Å². The molecule has 0 spiro atoms. The maximum absolute atomic E-state index is 12.3. The molecule has 1 N–H and O–H groups in total. The Balaban J connectivity index is 1.90. The Kier molecular flexibility index (Phi) is 4.96. The summed E-state index contributed by atoms with van der Waals surface area (Å²) in [4.78, 5) is 14.7.